The highest BCUT2D eigenvalue weighted by Crippen LogP contribution is 2.29. The Morgan fingerprint density at radius 1 is 1.15 bits per heavy atom. The molecule has 0 amide bonds. The summed E-state index contributed by atoms with van der Waals surface area (Å²) < 4.78 is 5.58. The van der Waals surface area contributed by atoms with Crippen molar-refractivity contribution in [2.45, 2.75) is 46.5 Å². The van der Waals surface area contributed by atoms with Crippen LogP contribution in [0.1, 0.15) is 53.7 Å². The van der Waals surface area contributed by atoms with Crippen LogP contribution in [0.15, 0.2) is 34.7 Å². The Bertz CT molecular complexity index is 898. The highest BCUT2D eigenvalue weighted by atomic mass is 16.5. The summed E-state index contributed by atoms with van der Waals surface area (Å²) in [5.41, 5.74) is 9.21. The van der Waals surface area contributed by atoms with Gasteiger partial charge in [-0.15, -0.1) is 0 Å². The number of allylic oxidation sites excluding steroid dienone is 1. The standard InChI is InChI=1S/C22H27N3O/c1-13-5-7-16-10-19(24-17(16)8-6-13)20-12-22(26-4)21(25-20)11-18-14(2)9-15(3)23-18/h9-13,23-24H,5-8H2,1-4H3/b21-11-. The summed E-state index contributed by atoms with van der Waals surface area (Å²) >= 11 is 0. The van der Waals surface area contributed by atoms with E-state index >= 15 is 0 Å². The molecule has 4 heteroatoms. The summed E-state index contributed by atoms with van der Waals surface area (Å²) in [7, 11) is 1.70. The van der Waals surface area contributed by atoms with E-state index in [1.165, 1.54) is 29.7 Å². The van der Waals surface area contributed by atoms with E-state index in [9.17, 15) is 0 Å². The van der Waals surface area contributed by atoms with Crippen LogP contribution < -0.4 is 0 Å². The molecule has 3 heterocycles. The predicted octanol–water partition coefficient (Wildman–Crippen LogP) is 4.85. The van der Waals surface area contributed by atoms with Gasteiger partial charge in [-0.05, 0) is 74.8 Å². The minimum atomic E-state index is 0.810. The van der Waals surface area contributed by atoms with Crippen LogP contribution in [0, 0.1) is 19.8 Å². The first kappa shape index (κ1) is 17.0. The van der Waals surface area contributed by atoms with E-state index in [-0.39, 0.29) is 0 Å². The molecule has 1 aliphatic carbocycles. The maximum absolute atomic E-state index is 5.58. The Labute approximate surface area is 155 Å². The second-order valence-corrected chi connectivity index (χ2v) is 7.66. The molecule has 2 aromatic heterocycles. The van der Waals surface area contributed by atoms with Crippen molar-refractivity contribution >= 4 is 11.8 Å². The lowest BCUT2D eigenvalue weighted by molar-refractivity contribution is 0.303. The second-order valence-electron chi connectivity index (χ2n) is 7.66. The molecular formula is C22H27N3O. The van der Waals surface area contributed by atoms with E-state index in [4.69, 9.17) is 9.73 Å². The van der Waals surface area contributed by atoms with Gasteiger partial charge in [0.15, 0.2) is 0 Å². The van der Waals surface area contributed by atoms with Gasteiger partial charge in [0, 0.05) is 23.2 Å². The second kappa shape index (κ2) is 6.67. The fourth-order valence-corrected chi connectivity index (χ4v) is 3.92. The highest BCUT2D eigenvalue weighted by Gasteiger charge is 2.21. The van der Waals surface area contributed by atoms with E-state index in [0.717, 1.165) is 53.0 Å². The molecule has 1 atom stereocenters. The number of fused-ring (bicyclic) bond motifs is 1. The number of rotatable bonds is 3. The molecule has 2 aliphatic rings. The number of aryl methyl sites for hydroxylation is 4. The topological polar surface area (TPSA) is 53.2 Å². The van der Waals surface area contributed by atoms with Crippen LogP contribution in [-0.4, -0.2) is 22.8 Å². The smallest absolute Gasteiger partial charge is 0.146 e. The van der Waals surface area contributed by atoms with Gasteiger partial charge in [-0.2, -0.15) is 0 Å². The maximum Gasteiger partial charge on any atom is 0.146 e. The number of hydrogen-bond donors (Lipinski definition) is 2. The maximum atomic E-state index is 5.58. The van der Waals surface area contributed by atoms with Gasteiger partial charge in [0.05, 0.1) is 18.5 Å². The van der Waals surface area contributed by atoms with Crippen molar-refractivity contribution in [3.8, 4) is 0 Å². The van der Waals surface area contributed by atoms with Crippen molar-refractivity contribution in [1.82, 2.24) is 9.97 Å². The molecule has 0 saturated carbocycles. The Morgan fingerprint density at radius 3 is 2.69 bits per heavy atom. The largest absolute Gasteiger partial charge is 0.494 e. The number of aromatic amines is 2. The summed E-state index contributed by atoms with van der Waals surface area (Å²) in [6, 6.07) is 4.42. The first-order chi connectivity index (χ1) is 12.5. The average molecular weight is 349 g/mol. The zero-order valence-electron chi connectivity index (χ0n) is 16.1. The molecule has 4 nitrogen and oxygen atoms in total. The van der Waals surface area contributed by atoms with Gasteiger partial charge in [0.25, 0.3) is 0 Å². The zero-order chi connectivity index (χ0) is 18.3. The fourth-order valence-electron chi connectivity index (χ4n) is 3.92. The van der Waals surface area contributed by atoms with Crippen LogP contribution in [0.2, 0.25) is 0 Å². The SMILES string of the molecule is COC1=CC(c2cc3c([nH]2)CCC(C)CC3)=N/C1=C\c1[nH]c(C)cc1C. The van der Waals surface area contributed by atoms with Gasteiger partial charge in [-0.1, -0.05) is 6.92 Å². The van der Waals surface area contributed by atoms with E-state index < -0.39 is 0 Å². The first-order valence-electron chi connectivity index (χ1n) is 9.47. The van der Waals surface area contributed by atoms with Crippen molar-refractivity contribution < 1.29 is 4.74 Å². The van der Waals surface area contributed by atoms with Crippen LogP contribution >= 0.6 is 0 Å². The number of methoxy groups -OCH3 is 1. The third-order valence-corrected chi connectivity index (χ3v) is 5.51. The average Bonchev–Trinajstić information content (AvgIpc) is 3.26. The van der Waals surface area contributed by atoms with E-state index in [2.05, 4.69) is 48.9 Å². The van der Waals surface area contributed by atoms with Crippen LogP contribution in [0.3, 0.4) is 0 Å². The van der Waals surface area contributed by atoms with Gasteiger partial charge in [-0.25, -0.2) is 4.99 Å². The molecule has 1 aliphatic heterocycles. The van der Waals surface area contributed by atoms with E-state index in [1.54, 1.807) is 7.11 Å². The first-order valence-corrected chi connectivity index (χ1v) is 9.47. The molecule has 4 rings (SSSR count). The number of hydrogen-bond acceptors (Lipinski definition) is 2. The molecule has 0 fully saturated rings. The van der Waals surface area contributed by atoms with Gasteiger partial charge < -0.3 is 14.7 Å². The highest BCUT2D eigenvalue weighted by molar-refractivity contribution is 6.11. The predicted molar refractivity (Wildman–Crippen MR) is 106 cm³/mol. The summed E-state index contributed by atoms with van der Waals surface area (Å²) in [6.07, 6.45) is 8.92. The van der Waals surface area contributed by atoms with Gasteiger partial charge in [0.2, 0.25) is 0 Å². The molecule has 0 bridgehead atoms. The molecule has 0 saturated heterocycles. The summed E-state index contributed by atoms with van der Waals surface area (Å²) in [5.74, 6) is 1.62. The van der Waals surface area contributed by atoms with Gasteiger partial charge in [0.1, 0.15) is 11.5 Å². The number of aromatic nitrogens is 2. The number of H-pyrrole nitrogens is 2. The number of nitrogens with zero attached hydrogens (tertiary/aromatic N) is 1. The summed E-state index contributed by atoms with van der Waals surface area (Å²) in [4.78, 5) is 11.8. The molecular weight excluding hydrogens is 322 g/mol. The Balaban J connectivity index is 1.67. The lowest BCUT2D eigenvalue weighted by Crippen LogP contribution is -1.97. The van der Waals surface area contributed by atoms with Crippen molar-refractivity contribution in [1.29, 1.82) is 0 Å². The van der Waals surface area contributed by atoms with Crippen molar-refractivity contribution in [3.63, 3.8) is 0 Å². The third kappa shape index (κ3) is 3.16. The third-order valence-electron chi connectivity index (χ3n) is 5.51. The Hall–Kier alpha value is -2.49. The van der Waals surface area contributed by atoms with Gasteiger partial charge >= 0.3 is 0 Å². The monoisotopic (exact) mass is 349 g/mol. The quantitative estimate of drug-likeness (QED) is 0.765. The molecule has 2 N–H and O–H groups in total. The molecule has 0 spiro atoms. The molecule has 2 aromatic rings. The summed E-state index contributed by atoms with van der Waals surface area (Å²) in [5, 5.41) is 0. The zero-order valence-corrected chi connectivity index (χ0v) is 16.1. The molecule has 26 heavy (non-hydrogen) atoms. The molecule has 0 aromatic carbocycles. The van der Waals surface area contributed by atoms with Crippen molar-refractivity contribution in [2.24, 2.45) is 10.9 Å². The van der Waals surface area contributed by atoms with Crippen LogP contribution in [0.4, 0.5) is 0 Å². The lowest BCUT2D eigenvalue weighted by Gasteiger charge is -2.04. The van der Waals surface area contributed by atoms with Crippen molar-refractivity contribution in [3.05, 3.63) is 63.6 Å². The lowest BCUT2D eigenvalue weighted by atomic mass is 10.0. The van der Waals surface area contributed by atoms with E-state index in [1.807, 2.05) is 6.08 Å². The minimum Gasteiger partial charge on any atom is -0.494 e. The summed E-state index contributed by atoms with van der Waals surface area (Å²) in [6.45, 7) is 6.52. The minimum absolute atomic E-state index is 0.810. The number of ether oxygens (including phenoxy) is 1. The molecule has 0 radical (unpaired) electrons. The van der Waals surface area contributed by atoms with Crippen LogP contribution in [0.25, 0.3) is 6.08 Å². The molecule has 1 unspecified atom stereocenters. The number of aliphatic imine (C=N–C) groups is 1. The van der Waals surface area contributed by atoms with Gasteiger partial charge in [-0.3, -0.25) is 0 Å². The van der Waals surface area contributed by atoms with Crippen molar-refractivity contribution in [2.75, 3.05) is 7.11 Å². The normalized spacial score (nSPS) is 21.4. The number of nitrogens with one attached hydrogen (secondary N) is 2. The van der Waals surface area contributed by atoms with Crippen LogP contribution in [0.5, 0.6) is 0 Å². The fraction of sp³-hybridized carbons (Fsp3) is 0.409. The Morgan fingerprint density at radius 2 is 1.96 bits per heavy atom. The Kier molecular flexibility index (Phi) is 4.35. The van der Waals surface area contributed by atoms with Crippen LogP contribution in [-0.2, 0) is 17.6 Å². The van der Waals surface area contributed by atoms with E-state index in [0.29, 0.717) is 0 Å². The molecule has 136 valence electrons.